The fraction of sp³-hybridized carbons (Fsp3) is 0.103. The third kappa shape index (κ3) is 4.86. The standard InChI is InChI=1S/C29H22IN3O2/c1-2-34-27-16-19(14-22(17-31)29-32-25-12-5-6-13-26(25)33-29)15-24(30)28(27)35-18-21-10-7-9-20-8-3-4-11-23(20)21/h3-16H,2,18H2,1H3,(H,32,33)/b22-14+. The molecule has 5 aromatic rings. The molecule has 0 spiro atoms. The van der Waals surface area contributed by atoms with Gasteiger partial charge in [-0.2, -0.15) is 5.26 Å². The summed E-state index contributed by atoms with van der Waals surface area (Å²) in [5, 5.41) is 12.2. The molecular weight excluding hydrogens is 549 g/mol. The van der Waals surface area contributed by atoms with E-state index in [1.54, 1.807) is 0 Å². The van der Waals surface area contributed by atoms with Crippen LogP contribution in [0.4, 0.5) is 0 Å². The summed E-state index contributed by atoms with van der Waals surface area (Å²) >= 11 is 2.26. The van der Waals surface area contributed by atoms with E-state index in [1.807, 2.05) is 67.6 Å². The third-order valence-corrected chi connectivity index (χ3v) is 6.46. The van der Waals surface area contributed by atoms with Crippen LogP contribution in [0.3, 0.4) is 0 Å². The fourth-order valence-electron chi connectivity index (χ4n) is 4.04. The van der Waals surface area contributed by atoms with Crippen molar-refractivity contribution in [3.05, 3.63) is 99.4 Å². The number of H-pyrrole nitrogens is 1. The van der Waals surface area contributed by atoms with Gasteiger partial charge in [0.15, 0.2) is 11.5 Å². The number of nitriles is 1. The number of imidazole rings is 1. The number of rotatable bonds is 7. The largest absolute Gasteiger partial charge is 0.490 e. The number of hydrogen-bond donors (Lipinski definition) is 1. The van der Waals surface area contributed by atoms with Gasteiger partial charge in [-0.25, -0.2) is 4.98 Å². The Balaban J connectivity index is 1.47. The minimum absolute atomic E-state index is 0.426. The summed E-state index contributed by atoms with van der Waals surface area (Å²) in [6.45, 7) is 2.87. The Labute approximate surface area is 217 Å². The normalized spacial score (nSPS) is 11.5. The predicted molar refractivity (Wildman–Crippen MR) is 148 cm³/mol. The van der Waals surface area contributed by atoms with Crippen LogP contribution in [-0.2, 0) is 6.61 Å². The molecule has 5 rings (SSSR count). The Morgan fingerprint density at radius 3 is 2.66 bits per heavy atom. The second-order valence-corrected chi connectivity index (χ2v) is 9.12. The van der Waals surface area contributed by atoms with E-state index in [0.717, 1.165) is 25.7 Å². The van der Waals surface area contributed by atoms with E-state index < -0.39 is 0 Å². The maximum Gasteiger partial charge on any atom is 0.175 e. The molecule has 172 valence electrons. The van der Waals surface area contributed by atoms with Crippen LogP contribution in [0.1, 0.15) is 23.9 Å². The second kappa shape index (κ2) is 10.2. The first-order valence-electron chi connectivity index (χ1n) is 11.3. The molecule has 0 bridgehead atoms. The summed E-state index contributed by atoms with van der Waals surface area (Å²) < 4.78 is 13.1. The van der Waals surface area contributed by atoms with Gasteiger partial charge in [-0.15, -0.1) is 0 Å². The Kier molecular flexibility index (Phi) is 6.68. The number of benzene rings is 4. The van der Waals surface area contributed by atoms with Crippen LogP contribution >= 0.6 is 22.6 Å². The molecule has 5 nitrogen and oxygen atoms in total. The molecular formula is C29H22IN3O2. The molecule has 1 aromatic heterocycles. The lowest BCUT2D eigenvalue weighted by Gasteiger charge is -2.16. The summed E-state index contributed by atoms with van der Waals surface area (Å²) in [7, 11) is 0. The maximum absolute atomic E-state index is 9.82. The number of para-hydroxylation sites is 2. The van der Waals surface area contributed by atoms with Crippen molar-refractivity contribution in [2.45, 2.75) is 13.5 Å². The number of ether oxygens (including phenoxy) is 2. The number of halogens is 1. The van der Waals surface area contributed by atoms with E-state index in [0.29, 0.717) is 36.1 Å². The van der Waals surface area contributed by atoms with Gasteiger partial charge >= 0.3 is 0 Å². The van der Waals surface area contributed by atoms with Gasteiger partial charge in [-0.3, -0.25) is 0 Å². The molecule has 1 N–H and O–H groups in total. The van der Waals surface area contributed by atoms with E-state index in [4.69, 9.17) is 9.47 Å². The molecule has 0 atom stereocenters. The van der Waals surface area contributed by atoms with Crippen molar-refractivity contribution in [2.75, 3.05) is 6.61 Å². The predicted octanol–water partition coefficient (Wildman–Crippen LogP) is 7.36. The smallest absolute Gasteiger partial charge is 0.175 e. The number of allylic oxidation sites excluding steroid dienone is 1. The SMILES string of the molecule is CCOc1cc(/C=C(\C#N)c2nc3ccccc3[nH]2)cc(I)c1OCc1cccc2ccccc12. The van der Waals surface area contributed by atoms with Crippen molar-refractivity contribution in [3.8, 4) is 17.6 Å². The van der Waals surface area contributed by atoms with E-state index in [-0.39, 0.29) is 0 Å². The van der Waals surface area contributed by atoms with Crippen molar-refractivity contribution >= 4 is 56.0 Å². The van der Waals surface area contributed by atoms with Crippen molar-refractivity contribution in [3.63, 3.8) is 0 Å². The highest BCUT2D eigenvalue weighted by Gasteiger charge is 2.14. The highest BCUT2D eigenvalue weighted by atomic mass is 127. The van der Waals surface area contributed by atoms with Crippen LogP contribution in [0.2, 0.25) is 0 Å². The number of aromatic amines is 1. The van der Waals surface area contributed by atoms with Gasteiger partial charge in [-0.1, -0.05) is 54.6 Å². The molecule has 0 unspecified atom stereocenters. The molecule has 0 aliphatic carbocycles. The van der Waals surface area contributed by atoms with Crippen LogP contribution in [-0.4, -0.2) is 16.6 Å². The molecule has 0 aliphatic rings. The molecule has 6 heteroatoms. The van der Waals surface area contributed by atoms with E-state index in [9.17, 15) is 5.26 Å². The highest BCUT2D eigenvalue weighted by Crippen LogP contribution is 2.36. The number of aromatic nitrogens is 2. The second-order valence-electron chi connectivity index (χ2n) is 7.96. The van der Waals surface area contributed by atoms with Gasteiger partial charge in [-0.05, 0) is 81.8 Å². The first-order valence-corrected chi connectivity index (χ1v) is 12.4. The van der Waals surface area contributed by atoms with Crippen LogP contribution in [0, 0.1) is 14.9 Å². The lowest BCUT2D eigenvalue weighted by molar-refractivity contribution is 0.268. The van der Waals surface area contributed by atoms with Gasteiger partial charge in [0.2, 0.25) is 0 Å². The van der Waals surface area contributed by atoms with Crippen molar-refractivity contribution in [1.29, 1.82) is 5.26 Å². The summed E-state index contributed by atoms with van der Waals surface area (Å²) in [6.07, 6.45) is 1.82. The molecule has 0 fully saturated rings. The molecule has 4 aromatic carbocycles. The van der Waals surface area contributed by atoms with Crippen molar-refractivity contribution < 1.29 is 9.47 Å². The zero-order chi connectivity index (χ0) is 24.2. The van der Waals surface area contributed by atoms with Gasteiger partial charge in [0.05, 0.1) is 26.8 Å². The molecule has 0 amide bonds. The van der Waals surface area contributed by atoms with Gasteiger partial charge in [0, 0.05) is 0 Å². The number of fused-ring (bicyclic) bond motifs is 2. The minimum atomic E-state index is 0.426. The molecule has 1 heterocycles. The number of hydrogen-bond acceptors (Lipinski definition) is 4. The van der Waals surface area contributed by atoms with Crippen LogP contribution < -0.4 is 9.47 Å². The zero-order valence-electron chi connectivity index (χ0n) is 19.1. The molecule has 0 radical (unpaired) electrons. The summed E-state index contributed by atoms with van der Waals surface area (Å²) in [6, 6.07) is 28.4. The quantitative estimate of drug-likeness (QED) is 0.164. The lowest BCUT2D eigenvalue weighted by Crippen LogP contribution is -2.02. The Bertz CT molecular complexity index is 1560. The minimum Gasteiger partial charge on any atom is -0.490 e. The maximum atomic E-state index is 9.82. The van der Waals surface area contributed by atoms with Crippen molar-refractivity contribution in [2.24, 2.45) is 0 Å². The molecule has 0 saturated heterocycles. The fourth-order valence-corrected chi connectivity index (χ4v) is 4.82. The highest BCUT2D eigenvalue weighted by molar-refractivity contribution is 14.1. The van der Waals surface area contributed by atoms with Crippen LogP contribution in [0.15, 0.2) is 78.9 Å². The average Bonchev–Trinajstić information content (AvgIpc) is 3.31. The number of nitrogens with one attached hydrogen (secondary N) is 1. The topological polar surface area (TPSA) is 70.9 Å². The van der Waals surface area contributed by atoms with E-state index in [2.05, 4.69) is 62.9 Å². The van der Waals surface area contributed by atoms with E-state index >= 15 is 0 Å². The van der Waals surface area contributed by atoms with Crippen LogP contribution in [0.25, 0.3) is 33.5 Å². The Morgan fingerprint density at radius 1 is 1.03 bits per heavy atom. The van der Waals surface area contributed by atoms with Gasteiger partial charge in [0.1, 0.15) is 18.5 Å². The monoisotopic (exact) mass is 571 g/mol. The van der Waals surface area contributed by atoms with Crippen molar-refractivity contribution in [1.82, 2.24) is 9.97 Å². The lowest BCUT2D eigenvalue weighted by atomic mass is 10.1. The first-order chi connectivity index (χ1) is 17.2. The first kappa shape index (κ1) is 22.9. The Hall–Kier alpha value is -3.83. The average molecular weight is 571 g/mol. The molecule has 0 saturated carbocycles. The summed E-state index contributed by atoms with van der Waals surface area (Å²) in [5.74, 6) is 1.88. The summed E-state index contributed by atoms with van der Waals surface area (Å²) in [4.78, 5) is 7.79. The van der Waals surface area contributed by atoms with Gasteiger partial charge in [0.25, 0.3) is 0 Å². The number of nitrogens with zero attached hydrogens (tertiary/aromatic N) is 2. The third-order valence-electron chi connectivity index (χ3n) is 5.66. The molecule has 35 heavy (non-hydrogen) atoms. The zero-order valence-corrected chi connectivity index (χ0v) is 21.2. The Morgan fingerprint density at radius 2 is 1.83 bits per heavy atom. The van der Waals surface area contributed by atoms with E-state index in [1.165, 1.54) is 10.8 Å². The van der Waals surface area contributed by atoms with Crippen LogP contribution in [0.5, 0.6) is 11.5 Å². The molecule has 0 aliphatic heterocycles. The summed E-state index contributed by atoms with van der Waals surface area (Å²) in [5.41, 5.74) is 4.12. The van der Waals surface area contributed by atoms with Gasteiger partial charge < -0.3 is 14.5 Å².